The van der Waals surface area contributed by atoms with Crippen LogP contribution in [0.2, 0.25) is 5.02 Å². The molecule has 6 heteroatoms. The van der Waals surface area contributed by atoms with Crippen molar-refractivity contribution in [2.45, 2.75) is 76.8 Å². The standard InChI is InChI=1S/C25H36ClN3O2/c1-24(2,3)14-19-25(17-12-11-16(26)13-18(17)28-23(25)31)20(15-9-7-6-8-10-15)21(29(19)5)22(30)27-4/h11-13,15,19-21H,6-10,14H2,1-5H3,(H,27,30)(H,28,31)/t19-,20+,21-,25+/m1/s1. The van der Waals surface area contributed by atoms with Gasteiger partial charge >= 0.3 is 0 Å². The summed E-state index contributed by atoms with van der Waals surface area (Å²) in [7, 11) is 3.75. The first kappa shape index (κ1) is 22.6. The second-order valence-electron chi connectivity index (χ2n) is 10.9. The molecule has 2 N–H and O–H groups in total. The van der Waals surface area contributed by atoms with Gasteiger partial charge in [-0.15, -0.1) is 0 Å². The molecule has 0 aromatic heterocycles. The zero-order valence-corrected chi connectivity index (χ0v) is 20.2. The zero-order valence-electron chi connectivity index (χ0n) is 19.4. The van der Waals surface area contributed by atoms with E-state index in [-0.39, 0.29) is 35.2 Å². The third-order valence-electron chi connectivity index (χ3n) is 7.85. The van der Waals surface area contributed by atoms with Crippen molar-refractivity contribution >= 4 is 29.1 Å². The normalized spacial score (nSPS) is 31.7. The van der Waals surface area contributed by atoms with Crippen LogP contribution in [0.4, 0.5) is 5.69 Å². The lowest BCUT2D eigenvalue weighted by molar-refractivity contribution is -0.127. The Morgan fingerprint density at radius 2 is 1.94 bits per heavy atom. The van der Waals surface area contributed by atoms with Gasteiger partial charge in [-0.05, 0) is 42.5 Å². The molecule has 1 aliphatic carbocycles. The van der Waals surface area contributed by atoms with Gasteiger partial charge in [0.15, 0.2) is 0 Å². The number of carbonyl (C=O) groups excluding carboxylic acids is 2. The highest BCUT2D eigenvalue weighted by Gasteiger charge is 2.68. The summed E-state index contributed by atoms with van der Waals surface area (Å²) in [6.07, 6.45) is 6.55. The highest BCUT2D eigenvalue weighted by molar-refractivity contribution is 6.31. The van der Waals surface area contributed by atoms with Crippen LogP contribution in [0.1, 0.15) is 64.9 Å². The van der Waals surface area contributed by atoms with E-state index in [1.54, 1.807) is 7.05 Å². The lowest BCUT2D eigenvalue weighted by atomic mass is 9.59. The minimum absolute atomic E-state index is 0.0100. The summed E-state index contributed by atoms with van der Waals surface area (Å²) >= 11 is 6.30. The molecule has 1 saturated carbocycles. The van der Waals surface area contributed by atoms with Gasteiger partial charge in [-0.25, -0.2) is 0 Å². The first-order valence-electron chi connectivity index (χ1n) is 11.7. The Bertz CT molecular complexity index is 874. The molecule has 31 heavy (non-hydrogen) atoms. The number of hydrogen-bond acceptors (Lipinski definition) is 3. The Labute approximate surface area is 191 Å². The SMILES string of the molecule is CNC(=O)[C@H]1[C@H](C2CCCCC2)[C@@]2(C(=O)Nc3cc(Cl)ccc32)[C@@H](CC(C)(C)C)N1C. The molecule has 2 aliphatic heterocycles. The fourth-order valence-corrected chi connectivity index (χ4v) is 6.91. The second-order valence-corrected chi connectivity index (χ2v) is 11.4. The maximum Gasteiger partial charge on any atom is 0.237 e. The summed E-state index contributed by atoms with van der Waals surface area (Å²) in [6, 6.07) is 5.39. The predicted molar refractivity (Wildman–Crippen MR) is 125 cm³/mol. The van der Waals surface area contributed by atoms with Crippen molar-refractivity contribution in [2.75, 3.05) is 19.4 Å². The highest BCUT2D eigenvalue weighted by Crippen LogP contribution is 2.59. The number of nitrogens with one attached hydrogen (secondary N) is 2. The minimum Gasteiger partial charge on any atom is -0.358 e. The van der Waals surface area contributed by atoms with Gasteiger partial charge in [-0.1, -0.05) is 70.5 Å². The number of amides is 2. The molecule has 1 aromatic carbocycles. The molecule has 0 unspecified atom stereocenters. The van der Waals surface area contributed by atoms with Crippen LogP contribution in [0.3, 0.4) is 0 Å². The fraction of sp³-hybridized carbons (Fsp3) is 0.680. The van der Waals surface area contributed by atoms with Gasteiger partial charge in [0.1, 0.15) is 0 Å². The number of nitrogens with zero attached hydrogens (tertiary/aromatic N) is 1. The molecular weight excluding hydrogens is 410 g/mol. The van der Waals surface area contributed by atoms with Gasteiger partial charge in [-0.3, -0.25) is 14.5 Å². The molecular formula is C25H36ClN3O2. The van der Waals surface area contributed by atoms with Crippen LogP contribution in [0.15, 0.2) is 18.2 Å². The topological polar surface area (TPSA) is 61.4 Å². The average molecular weight is 446 g/mol. The first-order valence-corrected chi connectivity index (χ1v) is 12.0. The third-order valence-corrected chi connectivity index (χ3v) is 8.09. The van der Waals surface area contributed by atoms with E-state index in [0.717, 1.165) is 30.5 Å². The molecule has 2 heterocycles. The predicted octanol–water partition coefficient (Wildman–Crippen LogP) is 4.59. The number of halogens is 1. The van der Waals surface area contributed by atoms with E-state index in [1.807, 2.05) is 25.2 Å². The Balaban J connectivity index is 1.96. The largest absolute Gasteiger partial charge is 0.358 e. The zero-order chi connectivity index (χ0) is 22.6. The quantitative estimate of drug-likeness (QED) is 0.715. The Kier molecular flexibility index (Phi) is 5.89. The lowest BCUT2D eigenvalue weighted by Crippen LogP contribution is -2.52. The number of benzene rings is 1. The molecule has 2 amide bonds. The number of rotatable bonds is 3. The molecule has 5 nitrogen and oxygen atoms in total. The molecule has 4 rings (SSSR count). The van der Waals surface area contributed by atoms with Gasteiger partial charge in [0.2, 0.25) is 11.8 Å². The second kappa shape index (κ2) is 8.08. The Morgan fingerprint density at radius 3 is 2.55 bits per heavy atom. The van der Waals surface area contributed by atoms with E-state index in [0.29, 0.717) is 10.9 Å². The number of carbonyl (C=O) groups is 2. The summed E-state index contributed by atoms with van der Waals surface area (Å²) in [4.78, 5) is 29.5. The Hall–Kier alpha value is -1.59. The van der Waals surface area contributed by atoms with Gasteiger partial charge in [-0.2, -0.15) is 0 Å². The van der Waals surface area contributed by atoms with Crippen molar-refractivity contribution < 1.29 is 9.59 Å². The van der Waals surface area contributed by atoms with Crippen LogP contribution in [-0.2, 0) is 15.0 Å². The summed E-state index contributed by atoms with van der Waals surface area (Å²) in [5.74, 6) is 0.334. The van der Waals surface area contributed by atoms with Crippen molar-refractivity contribution in [3.63, 3.8) is 0 Å². The third kappa shape index (κ3) is 3.58. The van der Waals surface area contributed by atoms with Gasteiger partial charge < -0.3 is 10.6 Å². The molecule has 2 fully saturated rings. The molecule has 0 radical (unpaired) electrons. The molecule has 170 valence electrons. The van der Waals surface area contributed by atoms with Crippen LogP contribution in [0, 0.1) is 17.3 Å². The van der Waals surface area contributed by atoms with Crippen molar-refractivity contribution in [1.82, 2.24) is 10.2 Å². The average Bonchev–Trinajstić information content (AvgIpc) is 3.13. The van der Waals surface area contributed by atoms with Crippen molar-refractivity contribution in [3.05, 3.63) is 28.8 Å². The van der Waals surface area contributed by atoms with Crippen LogP contribution in [-0.4, -0.2) is 42.9 Å². The van der Waals surface area contributed by atoms with Crippen LogP contribution in [0.5, 0.6) is 0 Å². The van der Waals surface area contributed by atoms with Crippen molar-refractivity contribution in [3.8, 4) is 0 Å². The molecule has 1 spiro atoms. The first-order chi connectivity index (χ1) is 14.6. The van der Waals surface area contributed by atoms with Gasteiger partial charge in [0.05, 0.1) is 11.5 Å². The van der Waals surface area contributed by atoms with Crippen LogP contribution < -0.4 is 10.6 Å². The molecule has 1 saturated heterocycles. The monoisotopic (exact) mass is 445 g/mol. The summed E-state index contributed by atoms with van der Waals surface area (Å²) in [6.45, 7) is 6.65. The lowest BCUT2D eigenvalue weighted by Gasteiger charge is -2.42. The fourth-order valence-electron chi connectivity index (χ4n) is 6.73. The van der Waals surface area contributed by atoms with Gasteiger partial charge in [0.25, 0.3) is 0 Å². The molecule has 1 aromatic rings. The maximum atomic E-state index is 14.0. The summed E-state index contributed by atoms with van der Waals surface area (Å²) in [5, 5.41) is 6.70. The van der Waals surface area contributed by atoms with Crippen molar-refractivity contribution in [2.24, 2.45) is 17.3 Å². The van der Waals surface area contributed by atoms with E-state index in [9.17, 15) is 9.59 Å². The number of fused-ring (bicyclic) bond motifs is 2. The van der Waals surface area contributed by atoms with Gasteiger partial charge in [0, 0.05) is 29.7 Å². The number of likely N-dealkylation sites (tertiary alicyclic amines) is 1. The Morgan fingerprint density at radius 1 is 1.26 bits per heavy atom. The van der Waals surface area contributed by atoms with E-state index < -0.39 is 5.41 Å². The molecule has 0 bridgehead atoms. The molecule has 3 aliphatic rings. The highest BCUT2D eigenvalue weighted by atomic mass is 35.5. The van der Waals surface area contributed by atoms with E-state index in [1.165, 1.54) is 19.3 Å². The number of likely N-dealkylation sites (N-methyl/N-ethyl adjacent to an activating group) is 2. The summed E-state index contributed by atoms with van der Waals surface area (Å²) < 4.78 is 0. The number of anilines is 1. The maximum absolute atomic E-state index is 14.0. The van der Waals surface area contributed by atoms with E-state index >= 15 is 0 Å². The summed E-state index contributed by atoms with van der Waals surface area (Å²) in [5.41, 5.74) is 1.09. The minimum atomic E-state index is -0.749. The van der Waals surface area contributed by atoms with Crippen LogP contribution >= 0.6 is 11.6 Å². The number of hydrogen-bond donors (Lipinski definition) is 2. The van der Waals surface area contributed by atoms with Crippen molar-refractivity contribution in [1.29, 1.82) is 0 Å². The smallest absolute Gasteiger partial charge is 0.237 e. The molecule has 4 atom stereocenters. The van der Waals surface area contributed by atoms with E-state index in [4.69, 9.17) is 11.6 Å². The van der Waals surface area contributed by atoms with E-state index in [2.05, 4.69) is 36.3 Å². The van der Waals surface area contributed by atoms with Crippen LogP contribution in [0.25, 0.3) is 0 Å².